The molecular formula is C13H15FO2. The number of unbranched alkanes of at least 4 members (excludes halogenated alkanes) is 1. The van der Waals surface area contributed by atoms with Crippen LogP contribution < -0.4 is 4.74 Å². The van der Waals surface area contributed by atoms with Crippen molar-refractivity contribution < 1.29 is 14.2 Å². The molecule has 1 rings (SSSR count). The Bertz CT molecular complexity index is 380. The molecule has 86 valence electrons. The van der Waals surface area contributed by atoms with Crippen LogP contribution in [-0.2, 0) is 0 Å². The third kappa shape index (κ3) is 3.56. The molecule has 1 aromatic carbocycles. The summed E-state index contributed by atoms with van der Waals surface area (Å²) < 4.78 is 18.7. The highest BCUT2D eigenvalue weighted by Crippen LogP contribution is 2.22. The predicted octanol–water partition coefficient (Wildman–Crippen LogP) is 2.67. The summed E-state index contributed by atoms with van der Waals surface area (Å²) in [6.07, 6.45) is 5.73. The molecule has 0 bridgehead atoms. The van der Waals surface area contributed by atoms with Gasteiger partial charge in [-0.1, -0.05) is 6.07 Å². The van der Waals surface area contributed by atoms with Gasteiger partial charge in [0.05, 0.1) is 12.7 Å². The molecule has 0 aromatic heterocycles. The van der Waals surface area contributed by atoms with Crippen molar-refractivity contribution in [1.29, 1.82) is 0 Å². The van der Waals surface area contributed by atoms with Gasteiger partial charge in [0.15, 0.2) is 11.6 Å². The molecule has 0 aliphatic carbocycles. The van der Waals surface area contributed by atoms with Crippen molar-refractivity contribution in [3.05, 3.63) is 29.6 Å². The van der Waals surface area contributed by atoms with Crippen LogP contribution in [-0.4, -0.2) is 11.7 Å². The average molecular weight is 222 g/mol. The molecule has 0 saturated heterocycles. The number of aliphatic hydroxyl groups is 1. The summed E-state index contributed by atoms with van der Waals surface area (Å²) in [5, 5.41) is 9.26. The third-order valence-corrected chi connectivity index (χ3v) is 2.16. The number of ether oxygens (including phenoxy) is 1. The van der Waals surface area contributed by atoms with E-state index in [0.29, 0.717) is 25.0 Å². The van der Waals surface area contributed by atoms with Crippen LogP contribution in [0.25, 0.3) is 0 Å². The number of terminal acetylenes is 1. The first-order valence-electron chi connectivity index (χ1n) is 5.19. The lowest BCUT2D eigenvalue weighted by atomic mass is 10.1. The van der Waals surface area contributed by atoms with E-state index >= 15 is 0 Å². The molecule has 2 nitrogen and oxygen atoms in total. The van der Waals surface area contributed by atoms with Crippen molar-refractivity contribution in [3.63, 3.8) is 0 Å². The van der Waals surface area contributed by atoms with Crippen molar-refractivity contribution in [2.45, 2.75) is 25.9 Å². The van der Waals surface area contributed by atoms with Gasteiger partial charge in [0.25, 0.3) is 0 Å². The third-order valence-electron chi connectivity index (χ3n) is 2.16. The van der Waals surface area contributed by atoms with E-state index in [1.54, 1.807) is 13.0 Å². The van der Waals surface area contributed by atoms with Gasteiger partial charge in [-0.2, -0.15) is 0 Å². The van der Waals surface area contributed by atoms with Gasteiger partial charge in [0.1, 0.15) is 0 Å². The summed E-state index contributed by atoms with van der Waals surface area (Å²) in [6.45, 7) is 1.98. The Kier molecular flexibility index (Phi) is 4.81. The van der Waals surface area contributed by atoms with Crippen molar-refractivity contribution >= 4 is 0 Å². The zero-order valence-electron chi connectivity index (χ0n) is 9.24. The fraction of sp³-hybridized carbons (Fsp3) is 0.385. The first-order valence-corrected chi connectivity index (χ1v) is 5.19. The molecule has 1 N–H and O–H groups in total. The summed E-state index contributed by atoms with van der Waals surface area (Å²) in [7, 11) is 0. The number of rotatable bonds is 5. The molecule has 0 saturated carbocycles. The smallest absolute Gasteiger partial charge is 0.165 e. The maximum absolute atomic E-state index is 13.4. The molecule has 16 heavy (non-hydrogen) atoms. The van der Waals surface area contributed by atoms with Crippen molar-refractivity contribution in [3.8, 4) is 18.1 Å². The molecule has 0 aliphatic heterocycles. The van der Waals surface area contributed by atoms with Gasteiger partial charge in [0, 0.05) is 6.42 Å². The van der Waals surface area contributed by atoms with E-state index in [1.165, 1.54) is 12.1 Å². The van der Waals surface area contributed by atoms with Crippen LogP contribution >= 0.6 is 0 Å². The summed E-state index contributed by atoms with van der Waals surface area (Å²) in [6, 6.07) is 4.44. The van der Waals surface area contributed by atoms with Crippen LogP contribution in [0.5, 0.6) is 5.75 Å². The minimum absolute atomic E-state index is 0.196. The number of hydrogen-bond donors (Lipinski definition) is 1. The normalized spacial score (nSPS) is 11.9. The lowest BCUT2D eigenvalue weighted by Gasteiger charge is -2.09. The SMILES string of the molecule is C#CCCCOc1ccc(C(C)O)cc1F. The summed E-state index contributed by atoms with van der Waals surface area (Å²) in [5.74, 6) is 2.22. The molecule has 0 fully saturated rings. The van der Waals surface area contributed by atoms with Crippen LogP contribution in [0.3, 0.4) is 0 Å². The van der Waals surface area contributed by atoms with E-state index in [4.69, 9.17) is 11.2 Å². The monoisotopic (exact) mass is 222 g/mol. The van der Waals surface area contributed by atoms with E-state index in [9.17, 15) is 9.50 Å². The molecule has 0 spiro atoms. The van der Waals surface area contributed by atoms with Crippen LogP contribution in [0.4, 0.5) is 4.39 Å². The van der Waals surface area contributed by atoms with Gasteiger partial charge < -0.3 is 9.84 Å². The molecule has 1 aromatic rings. The van der Waals surface area contributed by atoms with Gasteiger partial charge in [-0.15, -0.1) is 12.3 Å². The molecule has 1 atom stereocenters. The molecule has 0 radical (unpaired) electrons. The second-order valence-corrected chi connectivity index (χ2v) is 3.52. The summed E-state index contributed by atoms with van der Waals surface area (Å²) in [5.41, 5.74) is 0.536. The molecule has 0 aliphatic rings. The van der Waals surface area contributed by atoms with Crippen molar-refractivity contribution in [1.82, 2.24) is 0 Å². The Balaban J connectivity index is 2.58. The maximum Gasteiger partial charge on any atom is 0.165 e. The maximum atomic E-state index is 13.4. The number of hydrogen-bond acceptors (Lipinski definition) is 2. The Morgan fingerprint density at radius 1 is 1.56 bits per heavy atom. The quantitative estimate of drug-likeness (QED) is 0.613. The molecule has 0 amide bonds. The largest absolute Gasteiger partial charge is 0.490 e. The fourth-order valence-corrected chi connectivity index (χ4v) is 1.25. The number of aliphatic hydroxyl groups excluding tert-OH is 1. The lowest BCUT2D eigenvalue weighted by Crippen LogP contribution is -2.00. The van der Waals surface area contributed by atoms with Crippen molar-refractivity contribution in [2.75, 3.05) is 6.61 Å². The molecule has 1 unspecified atom stereocenters. The summed E-state index contributed by atoms with van der Waals surface area (Å²) >= 11 is 0. The Morgan fingerprint density at radius 2 is 2.31 bits per heavy atom. The predicted molar refractivity (Wildman–Crippen MR) is 60.6 cm³/mol. The molecule has 3 heteroatoms. The van der Waals surface area contributed by atoms with Gasteiger partial charge in [0.2, 0.25) is 0 Å². The zero-order valence-corrected chi connectivity index (χ0v) is 9.24. The van der Waals surface area contributed by atoms with Gasteiger partial charge in [-0.3, -0.25) is 0 Å². The Hall–Kier alpha value is -1.53. The van der Waals surface area contributed by atoms with Crippen LogP contribution in [0.1, 0.15) is 31.4 Å². The van der Waals surface area contributed by atoms with E-state index in [0.717, 1.165) is 0 Å². The first-order chi connectivity index (χ1) is 7.65. The second kappa shape index (κ2) is 6.14. The van der Waals surface area contributed by atoms with E-state index < -0.39 is 11.9 Å². The van der Waals surface area contributed by atoms with Crippen molar-refractivity contribution in [2.24, 2.45) is 0 Å². The Morgan fingerprint density at radius 3 is 2.88 bits per heavy atom. The second-order valence-electron chi connectivity index (χ2n) is 3.52. The standard InChI is InChI=1S/C13H15FO2/c1-3-4-5-8-16-13-7-6-11(10(2)15)9-12(13)14/h1,6-7,9-10,15H,4-5,8H2,2H3. The highest BCUT2D eigenvalue weighted by atomic mass is 19.1. The number of halogens is 1. The topological polar surface area (TPSA) is 29.5 Å². The van der Waals surface area contributed by atoms with Gasteiger partial charge in [-0.05, 0) is 31.0 Å². The van der Waals surface area contributed by atoms with Crippen LogP contribution in [0, 0.1) is 18.2 Å². The van der Waals surface area contributed by atoms with Crippen LogP contribution in [0.2, 0.25) is 0 Å². The highest BCUT2D eigenvalue weighted by Gasteiger charge is 2.07. The van der Waals surface area contributed by atoms with Gasteiger partial charge >= 0.3 is 0 Å². The zero-order chi connectivity index (χ0) is 12.0. The first kappa shape index (κ1) is 12.5. The molecule has 0 heterocycles. The van der Waals surface area contributed by atoms with E-state index in [2.05, 4.69) is 5.92 Å². The minimum atomic E-state index is -0.676. The number of benzene rings is 1. The van der Waals surface area contributed by atoms with Crippen LogP contribution in [0.15, 0.2) is 18.2 Å². The molecular weight excluding hydrogens is 207 g/mol. The van der Waals surface area contributed by atoms with Gasteiger partial charge in [-0.25, -0.2) is 4.39 Å². The lowest BCUT2D eigenvalue weighted by molar-refractivity contribution is 0.198. The summed E-state index contributed by atoms with van der Waals surface area (Å²) in [4.78, 5) is 0. The van der Waals surface area contributed by atoms with E-state index in [-0.39, 0.29) is 5.75 Å². The average Bonchev–Trinajstić information content (AvgIpc) is 2.26. The fourth-order valence-electron chi connectivity index (χ4n) is 1.25. The highest BCUT2D eigenvalue weighted by molar-refractivity contribution is 5.30. The Labute approximate surface area is 95.1 Å². The minimum Gasteiger partial charge on any atom is -0.490 e. The van der Waals surface area contributed by atoms with E-state index in [1.807, 2.05) is 0 Å².